The second kappa shape index (κ2) is 16.2. The monoisotopic (exact) mass is 681 g/mol. The zero-order valence-corrected chi connectivity index (χ0v) is 28.5. The van der Waals surface area contributed by atoms with Gasteiger partial charge in [0, 0.05) is 44.8 Å². The van der Waals surface area contributed by atoms with Crippen LogP contribution in [0, 0.1) is 11.7 Å². The van der Waals surface area contributed by atoms with E-state index in [1.54, 1.807) is 34.8 Å². The Bertz CT molecular complexity index is 1570. The second-order valence-electron chi connectivity index (χ2n) is 12.6. The van der Waals surface area contributed by atoms with Crippen molar-refractivity contribution in [2.24, 2.45) is 5.92 Å². The van der Waals surface area contributed by atoms with Gasteiger partial charge in [0.05, 0.1) is 11.9 Å². The summed E-state index contributed by atoms with van der Waals surface area (Å²) >= 11 is 0.921. The smallest absolute Gasteiger partial charge is 0.270 e. The lowest BCUT2D eigenvalue weighted by molar-refractivity contribution is -0.135. The van der Waals surface area contributed by atoms with Crippen molar-refractivity contribution in [1.29, 1.82) is 0 Å². The van der Waals surface area contributed by atoms with Crippen molar-refractivity contribution in [3.8, 4) is 0 Å². The molecule has 258 valence electrons. The number of benzene rings is 1. The van der Waals surface area contributed by atoms with Gasteiger partial charge in [0.15, 0.2) is 0 Å². The summed E-state index contributed by atoms with van der Waals surface area (Å²) in [6.07, 6.45) is 8.45. The lowest BCUT2D eigenvalue weighted by atomic mass is 9.90. The van der Waals surface area contributed by atoms with E-state index in [0.29, 0.717) is 44.0 Å². The SMILES string of the molecule is CCn1nccc1C(=O)N[C@H](C(=O)Nc1ccc([C@H](C)[C@@H](NC(=O)c2cnns2)C(=O)N2CCN(C)CC2)cc1F)C1CCCCCC1. The molecule has 48 heavy (non-hydrogen) atoms. The molecule has 1 saturated heterocycles. The summed E-state index contributed by atoms with van der Waals surface area (Å²) in [5.74, 6) is -3.04. The number of hydrogen-bond donors (Lipinski definition) is 3. The van der Waals surface area contributed by atoms with E-state index >= 15 is 4.39 Å². The second-order valence-corrected chi connectivity index (χ2v) is 13.4. The molecule has 3 atom stereocenters. The minimum Gasteiger partial charge on any atom is -0.339 e. The Hall–Kier alpha value is -4.24. The molecular formula is C33H44FN9O4S. The van der Waals surface area contributed by atoms with Gasteiger partial charge in [0.25, 0.3) is 11.8 Å². The molecule has 1 saturated carbocycles. The number of carbonyl (C=O) groups excluding carboxylic acids is 4. The van der Waals surface area contributed by atoms with Crippen molar-refractivity contribution >= 4 is 40.8 Å². The lowest BCUT2D eigenvalue weighted by Crippen LogP contribution is -2.55. The average Bonchev–Trinajstić information content (AvgIpc) is 3.74. The first-order chi connectivity index (χ1) is 23.2. The number of rotatable bonds is 11. The standard InChI is InChI=1S/C33H44FN9O4S/c1-4-43-26(13-14-36-43)30(44)39-29(22-9-7-5-6-8-10-22)32(46)37-25-12-11-23(19-24(25)34)21(2)28(38-31(45)27-20-35-40-48-27)33(47)42-17-15-41(3)16-18-42/h11-14,19-22,28-29H,4-10,15-18H2,1-3H3,(H,37,46)(H,38,45)(H,39,44)/t21-,28+,29-/m0/s1. The van der Waals surface area contributed by atoms with E-state index in [2.05, 4.69) is 35.5 Å². The fraction of sp³-hybridized carbons (Fsp3) is 0.545. The van der Waals surface area contributed by atoms with Crippen molar-refractivity contribution in [3.63, 3.8) is 0 Å². The van der Waals surface area contributed by atoms with Gasteiger partial charge in [-0.15, -0.1) is 5.10 Å². The number of anilines is 1. The zero-order valence-electron chi connectivity index (χ0n) is 27.7. The van der Waals surface area contributed by atoms with E-state index < -0.39 is 41.5 Å². The third-order valence-electron chi connectivity index (χ3n) is 9.42. The van der Waals surface area contributed by atoms with Crippen LogP contribution in [0.25, 0.3) is 0 Å². The predicted molar refractivity (Wildman–Crippen MR) is 179 cm³/mol. The van der Waals surface area contributed by atoms with E-state index in [9.17, 15) is 19.2 Å². The van der Waals surface area contributed by atoms with Crippen molar-refractivity contribution < 1.29 is 23.6 Å². The Morgan fingerprint density at radius 3 is 2.38 bits per heavy atom. The summed E-state index contributed by atoms with van der Waals surface area (Å²) < 4.78 is 21.1. The lowest BCUT2D eigenvalue weighted by Gasteiger charge is -2.36. The first-order valence-electron chi connectivity index (χ1n) is 16.6. The quantitative estimate of drug-likeness (QED) is 0.261. The molecule has 0 spiro atoms. The summed E-state index contributed by atoms with van der Waals surface area (Å²) in [5.41, 5.74) is 0.791. The Labute approximate surface area is 283 Å². The van der Waals surface area contributed by atoms with Gasteiger partial charge in [0.2, 0.25) is 11.8 Å². The van der Waals surface area contributed by atoms with Gasteiger partial charge in [-0.25, -0.2) is 4.39 Å². The van der Waals surface area contributed by atoms with Crippen LogP contribution < -0.4 is 16.0 Å². The van der Waals surface area contributed by atoms with Crippen LogP contribution in [0.15, 0.2) is 36.7 Å². The fourth-order valence-electron chi connectivity index (χ4n) is 6.46. The number of nitrogens with one attached hydrogen (secondary N) is 3. The van der Waals surface area contributed by atoms with Crippen molar-refractivity contribution in [1.82, 2.24) is 39.8 Å². The molecule has 15 heteroatoms. The normalized spacial score (nSPS) is 18.0. The number of hydrogen-bond acceptors (Lipinski definition) is 9. The Balaban J connectivity index is 1.34. The van der Waals surface area contributed by atoms with E-state index in [1.165, 1.54) is 18.3 Å². The number of halogens is 1. The first-order valence-corrected chi connectivity index (χ1v) is 17.4. The van der Waals surface area contributed by atoms with Gasteiger partial charge in [0.1, 0.15) is 28.5 Å². The third kappa shape index (κ3) is 8.42. The molecule has 5 rings (SSSR count). The average molecular weight is 682 g/mol. The minimum atomic E-state index is -0.978. The molecule has 3 aromatic rings. The Kier molecular flexibility index (Phi) is 11.9. The highest BCUT2D eigenvalue weighted by atomic mass is 32.1. The molecule has 3 N–H and O–H groups in total. The van der Waals surface area contributed by atoms with E-state index in [0.717, 1.165) is 50.1 Å². The molecule has 2 aliphatic rings. The van der Waals surface area contributed by atoms with Crippen LogP contribution in [0.1, 0.15) is 84.0 Å². The van der Waals surface area contributed by atoms with Gasteiger partial charge in [-0.3, -0.25) is 23.9 Å². The van der Waals surface area contributed by atoms with Crippen LogP contribution in [-0.2, 0) is 16.1 Å². The molecule has 0 radical (unpaired) electrons. The number of nitrogens with zero attached hydrogens (tertiary/aromatic N) is 6. The Morgan fingerprint density at radius 1 is 1.00 bits per heavy atom. The third-order valence-corrected chi connectivity index (χ3v) is 10.1. The molecule has 1 aliphatic carbocycles. The maximum Gasteiger partial charge on any atom is 0.270 e. The highest BCUT2D eigenvalue weighted by molar-refractivity contribution is 7.07. The summed E-state index contributed by atoms with van der Waals surface area (Å²) in [6, 6.07) is 4.16. The van der Waals surface area contributed by atoms with E-state index in [4.69, 9.17) is 0 Å². The fourth-order valence-corrected chi connectivity index (χ4v) is 6.88. The molecule has 0 bridgehead atoms. The highest BCUT2D eigenvalue weighted by Crippen LogP contribution is 2.29. The molecule has 13 nitrogen and oxygen atoms in total. The van der Waals surface area contributed by atoms with Gasteiger partial charge < -0.3 is 25.8 Å². The van der Waals surface area contributed by atoms with Crippen molar-refractivity contribution in [3.05, 3.63) is 58.6 Å². The summed E-state index contributed by atoms with van der Waals surface area (Å²) in [5, 5.41) is 16.4. The molecule has 4 amide bonds. The predicted octanol–water partition coefficient (Wildman–Crippen LogP) is 3.28. The summed E-state index contributed by atoms with van der Waals surface area (Å²) in [4.78, 5) is 57.9. The highest BCUT2D eigenvalue weighted by Gasteiger charge is 2.35. The van der Waals surface area contributed by atoms with Gasteiger partial charge in [-0.1, -0.05) is 43.2 Å². The van der Waals surface area contributed by atoms with Gasteiger partial charge >= 0.3 is 0 Å². The number of aryl methyl sites for hydroxylation is 1. The topological polar surface area (TPSA) is 154 Å². The van der Waals surface area contributed by atoms with Crippen LogP contribution in [0.3, 0.4) is 0 Å². The molecule has 2 aromatic heterocycles. The maximum atomic E-state index is 15.8. The molecule has 1 aromatic carbocycles. The van der Waals surface area contributed by atoms with Gasteiger partial charge in [-0.2, -0.15) is 5.10 Å². The molecule has 3 heterocycles. The van der Waals surface area contributed by atoms with Crippen LogP contribution in [0.2, 0.25) is 0 Å². The number of likely N-dealkylation sites (N-methyl/N-ethyl adjacent to an activating group) is 1. The van der Waals surface area contributed by atoms with Crippen LogP contribution in [0.4, 0.5) is 10.1 Å². The van der Waals surface area contributed by atoms with Crippen LogP contribution >= 0.6 is 11.5 Å². The number of aromatic nitrogens is 4. The zero-order chi connectivity index (χ0) is 34.2. The van der Waals surface area contributed by atoms with E-state index in [1.807, 2.05) is 14.0 Å². The van der Waals surface area contributed by atoms with Crippen molar-refractivity contribution in [2.75, 3.05) is 38.5 Å². The number of amides is 4. The maximum absolute atomic E-state index is 15.8. The largest absolute Gasteiger partial charge is 0.339 e. The molecule has 0 unspecified atom stereocenters. The van der Waals surface area contributed by atoms with Crippen molar-refractivity contribution in [2.45, 2.75) is 76.9 Å². The summed E-state index contributed by atoms with van der Waals surface area (Å²) in [7, 11) is 1.98. The molecule has 1 aliphatic heterocycles. The number of carbonyl (C=O) groups is 4. The first kappa shape index (κ1) is 35.1. The van der Waals surface area contributed by atoms with Crippen LogP contribution in [-0.4, -0.2) is 98.1 Å². The number of piperazine rings is 1. The summed E-state index contributed by atoms with van der Waals surface area (Å²) in [6.45, 7) is 6.56. The molecular weight excluding hydrogens is 637 g/mol. The minimum absolute atomic E-state index is 0.0378. The molecule has 2 fully saturated rings. The van der Waals surface area contributed by atoms with E-state index in [-0.39, 0.29) is 22.4 Å². The van der Waals surface area contributed by atoms with Gasteiger partial charge in [-0.05, 0) is 68.0 Å². The van der Waals surface area contributed by atoms with Crippen LogP contribution in [0.5, 0.6) is 0 Å². The Morgan fingerprint density at radius 2 is 1.73 bits per heavy atom.